The molecule has 1 aromatic heterocycles. The molecule has 0 saturated heterocycles. The lowest BCUT2D eigenvalue weighted by Crippen LogP contribution is -2.14. The van der Waals surface area contributed by atoms with E-state index in [1.54, 1.807) is 36.4 Å². The predicted molar refractivity (Wildman–Crippen MR) is 114 cm³/mol. The molecule has 7 nitrogen and oxygen atoms in total. The number of nitrogens with one attached hydrogen (secondary N) is 1. The Labute approximate surface area is 182 Å². The number of anilines is 1. The Hall–Kier alpha value is -3.09. The van der Waals surface area contributed by atoms with Crippen LogP contribution in [0.4, 0.5) is 5.69 Å². The van der Waals surface area contributed by atoms with Gasteiger partial charge in [-0.15, -0.1) is 0 Å². The van der Waals surface area contributed by atoms with Gasteiger partial charge in [-0.2, -0.15) is 5.26 Å². The summed E-state index contributed by atoms with van der Waals surface area (Å²) < 4.78 is 28.2. The smallest absolute Gasteiger partial charge is 0.266 e. The fourth-order valence-electron chi connectivity index (χ4n) is 2.48. The summed E-state index contributed by atoms with van der Waals surface area (Å²) in [6.45, 7) is 0. The average molecular weight is 462 g/mol. The number of sulfonamides is 1. The van der Waals surface area contributed by atoms with Gasteiger partial charge in [0, 0.05) is 22.3 Å². The first kappa shape index (κ1) is 21.6. The molecule has 0 atom stereocenters. The second kappa shape index (κ2) is 8.73. The highest BCUT2D eigenvalue weighted by atomic mass is 35.5. The predicted octanol–water partition coefficient (Wildman–Crippen LogP) is 4.45. The zero-order valence-electron chi connectivity index (χ0n) is 15.1. The lowest BCUT2D eigenvalue weighted by atomic mass is 10.2. The first-order chi connectivity index (χ1) is 14.2. The van der Waals surface area contributed by atoms with Crippen molar-refractivity contribution in [3.05, 3.63) is 76.0 Å². The van der Waals surface area contributed by atoms with Crippen molar-refractivity contribution in [1.82, 2.24) is 0 Å². The minimum Gasteiger partial charge on any atom is -0.457 e. The van der Waals surface area contributed by atoms with Crippen molar-refractivity contribution in [2.75, 3.05) is 5.32 Å². The number of primary sulfonamides is 1. The zero-order valence-corrected chi connectivity index (χ0v) is 17.4. The van der Waals surface area contributed by atoms with Gasteiger partial charge in [0.2, 0.25) is 10.0 Å². The second-order valence-electron chi connectivity index (χ2n) is 6.02. The SMILES string of the molecule is N#CC(=Cc1ccc(-c2cc(Cl)ccc2Cl)o1)C(=O)Nc1ccc(S(N)(=O)=O)cc1. The molecule has 0 spiro atoms. The van der Waals surface area contributed by atoms with Gasteiger partial charge in [0.15, 0.2) is 0 Å². The van der Waals surface area contributed by atoms with Crippen molar-refractivity contribution >= 4 is 50.9 Å². The number of hydrogen-bond donors (Lipinski definition) is 2. The number of benzene rings is 2. The highest BCUT2D eigenvalue weighted by Crippen LogP contribution is 2.32. The Morgan fingerprint density at radius 2 is 1.80 bits per heavy atom. The summed E-state index contributed by atoms with van der Waals surface area (Å²) in [5.74, 6) is -0.0121. The van der Waals surface area contributed by atoms with Crippen LogP contribution in [0.5, 0.6) is 0 Å². The number of halogens is 2. The molecular formula is C20H13Cl2N3O4S. The van der Waals surface area contributed by atoms with E-state index >= 15 is 0 Å². The molecule has 10 heteroatoms. The summed E-state index contributed by atoms with van der Waals surface area (Å²) in [6, 6.07) is 15.1. The van der Waals surface area contributed by atoms with Crippen LogP contribution in [0.1, 0.15) is 5.76 Å². The van der Waals surface area contributed by atoms with E-state index in [9.17, 15) is 18.5 Å². The molecule has 0 saturated carbocycles. The van der Waals surface area contributed by atoms with E-state index in [2.05, 4.69) is 5.32 Å². The number of furan rings is 1. The maximum Gasteiger partial charge on any atom is 0.266 e. The molecule has 1 amide bonds. The van der Waals surface area contributed by atoms with Crippen LogP contribution in [0.3, 0.4) is 0 Å². The van der Waals surface area contributed by atoms with E-state index in [-0.39, 0.29) is 16.2 Å². The average Bonchev–Trinajstić information content (AvgIpc) is 3.16. The highest BCUT2D eigenvalue weighted by molar-refractivity contribution is 7.89. The number of amides is 1. The van der Waals surface area contributed by atoms with E-state index in [4.69, 9.17) is 32.8 Å². The Morgan fingerprint density at radius 3 is 2.43 bits per heavy atom. The van der Waals surface area contributed by atoms with Crippen LogP contribution < -0.4 is 10.5 Å². The molecule has 0 aliphatic rings. The van der Waals surface area contributed by atoms with Gasteiger partial charge >= 0.3 is 0 Å². The van der Waals surface area contributed by atoms with Crippen LogP contribution in [0.15, 0.2) is 69.5 Å². The number of nitrogens with two attached hydrogens (primary N) is 1. The highest BCUT2D eigenvalue weighted by Gasteiger charge is 2.14. The maximum atomic E-state index is 12.4. The molecule has 2 aromatic carbocycles. The molecule has 3 N–H and O–H groups in total. The van der Waals surface area contributed by atoms with Crippen LogP contribution in [-0.4, -0.2) is 14.3 Å². The third-order valence-electron chi connectivity index (χ3n) is 3.91. The van der Waals surface area contributed by atoms with Gasteiger partial charge in [0.25, 0.3) is 5.91 Å². The minimum atomic E-state index is -3.84. The Bertz CT molecular complexity index is 1290. The van der Waals surface area contributed by atoms with Crippen LogP contribution in [-0.2, 0) is 14.8 Å². The number of nitriles is 1. The van der Waals surface area contributed by atoms with Gasteiger partial charge in [-0.3, -0.25) is 4.79 Å². The molecule has 0 fully saturated rings. The molecule has 0 radical (unpaired) electrons. The van der Waals surface area contributed by atoms with E-state index in [0.29, 0.717) is 27.1 Å². The summed E-state index contributed by atoms with van der Waals surface area (Å²) in [4.78, 5) is 12.3. The number of rotatable bonds is 5. The molecule has 0 unspecified atom stereocenters. The first-order valence-electron chi connectivity index (χ1n) is 8.28. The largest absolute Gasteiger partial charge is 0.457 e. The summed E-state index contributed by atoms with van der Waals surface area (Å²) in [5.41, 5.74) is 0.643. The summed E-state index contributed by atoms with van der Waals surface area (Å²) >= 11 is 12.1. The molecule has 3 rings (SSSR count). The topological polar surface area (TPSA) is 126 Å². The third-order valence-corrected chi connectivity index (χ3v) is 5.41. The van der Waals surface area contributed by atoms with Crippen molar-refractivity contribution in [3.63, 3.8) is 0 Å². The van der Waals surface area contributed by atoms with E-state index in [1.165, 1.54) is 30.3 Å². The van der Waals surface area contributed by atoms with Gasteiger partial charge in [-0.05, 0) is 54.6 Å². The van der Waals surface area contributed by atoms with Crippen molar-refractivity contribution in [2.24, 2.45) is 5.14 Å². The third kappa shape index (κ3) is 5.09. The molecule has 0 bridgehead atoms. The van der Waals surface area contributed by atoms with Crippen molar-refractivity contribution in [2.45, 2.75) is 4.90 Å². The normalized spacial score (nSPS) is 11.7. The van der Waals surface area contributed by atoms with E-state index in [1.807, 2.05) is 0 Å². The fourth-order valence-corrected chi connectivity index (χ4v) is 3.38. The molecule has 1 heterocycles. The monoisotopic (exact) mass is 461 g/mol. The number of carbonyl (C=O) groups is 1. The number of nitrogens with zero attached hydrogens (tertiary/aromatic N) is 1. The van der Waals surface area contributed by atoms with Gasteiger partial charge in [0.1, 0.15) is 23.2 Å². The van der Waals surface area contributed by atoms with Crippen molar-refractivity contribution in [3.8, 4) is 17.4 Å². The molecule has 0 aliphatic heterocycles. The van der Waals surface area contributed by atoms with Crippen LogP contribution in [0, 0.1) is 11.3 Å². The molecule has 0 aliphatic carbocycles. The molecular weight excluding hydrogens is 449 g/mol. The van der Waals surface area contributed by atoms with Crippen LogP contribution in [0.2, 0.25) is 10.0 Å². The van der Waals surface area contributed by atoms with Gasteiger partial charge in [-0.25, -0.2) is 13.6 Å². The van der Waals surface area contributed by atoms with E-state index < -0.39 is 15.9 Å². The molecule has 3 aromatic rings. The minimum absolute atomic E-state index is 0.0978. The molecule has 152 valence electrons. The van der Waals surface area contributed by atoms with Crippen LogP contribution in [0.25, 0.3) is 17.4 Å². The van der Waals surface area contributed by atoms with Crippen molar-refractivity contribution in [1.29, 1.82) is 5.26 Å². The summed E-state index contributed by atoms with van der Waals surface area (Å²) in [6.07, 6.45) is 1.27. The Kier molecular flexibility index (Phi) is 6.29. The molecule has 30 heavy (non-hydrogen) atoms. The number of carbonyl (C=O) groups excluding carboxylic acids is 1. The lowest BCUT2D eigenvalue weighted by molar-refractivity contribution is -0.112. The summed E-state index contributed by atoms with van der Waals surface area (Å²) in [5, 5.41) is 17.8. The summed E-state index contributed by atoms with van der Waals surface area (Å²) in [7, 11) is -3.84. The van der Waals surface area contributed by atoms with Crippen molar-refractivity contribution < 1.29 is 17.6 Å². The Morgan fingerprint density at radius 1 is 1.10 bits per heavy atom. The maximum absolute atomic E-state index is 12.4. The van der Waals surface area contributed by atoms with Crippen LogP contribution >= 0.6 is 23.2 Å². The fraction of sp³-hybridized carbons (Fsp3) is 0. The lowest BCUT2D eigenvalue weighted by Gasteiger charge is -2.05. The Balaban J connectivity index is 1.80. The quantitative estimate of drug-likeness (QED) is 0.428. The number of hydrogen-bond acceptors (Lipinski definition) is 5. The second-order valence-corrected chi connectivity index (χ2v) is 8.42. The standard InChI is InChI=1S/C20H13Cl2N3O4S/c21-13-1-7-18(22)17(10-13)19-8-4-15(29-19)9-12(11-23)20(26)25-14-2-5-16(6-3-14)30(24,27)28/h1-10H,(H,25,26)(H2,24,27,28). The zero-order chi connectivity index (χ0) is 21.9. The first-order valence-corrected chi connectivity index (χ1v) is 10.6. The van der Waals surface area contributed by atoms with Gasteiger partial charge in [0.05, 0.1) is 9.92 Å². The van der Waals surface area contributed by atoms with Gasteiger partial charge < -0.3 is 9.73 Å². The van der Waals surface area contributed by atoms with E-state index in [0.717, 1.165) is 0 Å². The van der Waals surface area contributed by atoms with Gasteiger partial charge in [-0.1, -0.05) is 23.2 Å².